The monoisotopic (exact) mass is 468 g/mol. The summed E-state index contributed by atoms with van der Waals surface area (Å²) in [6, 6.07) is 10.0. The SMILES string of the molecule is C=C/C=C\C=C(/C)C(C)(C)CCCCCC.CCCCCCC(C)(CC(=O)O)c1ccccc1. The predicted molar refractivity (Wildman–Crippen MR) is 150 cm³/mol. The molecule has 1 aromatic carbocycles. The molecule has 0 fully saturated rings. The van der Waals surface area contributed by atoms with Crippen molar-refractivity contribution in [1.82, 2.24) is 0 Å². The van der Waals surface area contributed by atoms with E-state index in [0.717, 1.165) is 18.4 Å². The number of carboxylic acid groups (broad SMARTS) is 1. The summed E-state index contributed by atoms with van der Waals surface area (Å²) in [4.78, 5) is 11.1. The summed E-state index contributed by atoms with van der Waals surface area (Å²) in [7, 11) is 0. The fraction of sp³-hybridized carbons (Fsp3) is 0.594. The molecule has 0 aliphatic heterocycles. The number of allylic oxidation sites excluding steroid dienone is 5. The third-order valence-corrected chi connectivity index (χ3v) is 6.91. The Morgan fingerprint density at radius 3 is 1.94 bits per heavy atom. The van der Waals surface area contributed by atoms with E-state index in [1.54, 1.807) is 0 Å². The molecular weight excluding hydrogens is 416 g/mol. The fourth-order valence-electron chi connectivity index (χ4n) is 4.15. The van der Waals surface area contributed by atoms with E-state index < -0.39 is 5.97 Å². The van der Waals surface area contributed by atoms with Gasteiger partial charge in [-0.2, -0.15) is 0 Å². The van der Waals surface area contributed by atoms with E-state index in [1.165, 1.54) is 56.9 Å². The number of aliphatic carboxylic acids is 1. The van der Waals surface area contributed by atoms with Crippen LogP contribution in [0, 0.1) is 5.41 Å². The highest BCUT2D eigenvalue weighted by molar-refractivity contribution is 5.69. The standard InChI is InChI=1S/C16H24O2.C16H28/c1-3-4-5-9-12-16(2,13-15(17)18)14-10-7-6-8-11-14;1-6-8-10-12-14-16(4,5)15(3)13-11-9-7-2/h6-8,10-11H,3-5,9,12-13H2,1-2H3,(H,17,18);7,9,11,13H,2,6,8,10,12,14H2,1,3-5H3/b;11-9-,15-13+. The summed E-state index contributed by atoms with van der Waals surface area (Å²) in [5.74, 6) is -0.711. The molecule has 1 N–H and O–H groups in total. The minimum atomic E-state index is -0.711. The first-order valence-electron chi connectivity index (χ1n) is 13.4. The van der Waals surface area contributed by atoms with Gasteiger partial charge in [-0.05, 0) is 30.7 Å². The number of unbranched alkanes of at least 4 members (excludes halogenated alkanes) is 6. The summed E-state index contributed by atoms with van der Waals surface area (Å²) in [6.45, 7) is 17.1. The van der Waals surface area contributed by atoms with Crippen LogP contribution in [0.1, 0.15) is 118 Å². The Kier molecular flexibility index (Phi) is 17.1. The molecule has 1 rings (SSSR count). The molecule has 0 aliphatic rings. The molecule has 0 aromatic heterocycles. The van der Waals surface area contributed by atoms with E-state index in [9.17, 15) is 4.79 Å². The Bertz CT molecular complexity index is 727. The summed E-state index contributed by atoms with van der Waals surface area (Å²) in [6.07, 6.45) is 20.7. The van der Waals surface area contributed by atoms with Crippen LogP contribution in [-0.2, 0) is 10.2 Å². The maximum Gasteiger partial charge on any atom is 0.304 e. The number of hydrogen-bond donors (Lipinski definition) is 1. The molecule has 192 valence electrons. The molecule has 0 aliphatic carbocycles. The molecule has 34 heavy (non-hydrogen) atoms. The van der Waals surface area contributed by atoms with Gasteiger partial charge in [-0.1, -0.05) is 153 Å². The van der Waals surface area contributed by atoms with Crippen molar-refractivity contribution in [3.8, 4) is 0 Å². The first kappa shape index (κ1) is 31.9. The topological polar surface area (TPSA) is 37.3 Å². The lowest BCUT2D eigenvalue weighted by Crippen LogP contribution is -2.25. The lowest BCUT2D eigenvalue weighted by Gasteiger charge is -2.28. The highest BCUT2D eigenvalue weighted by Gasteiger charge is 2.28. The number of benzene rings is 1. The van der Waals surface area contributed by atoms with E-state index in [0.29, 0.717) is 5.41 Å². The van der Waals surface area contributed by atoms with E-state index >= 15 is 0 Å². The van der Waals surface area contributed by atoms with Crippen molar-refractivity contribution in [2.45, 2.75) is 118 Å². The molecule has 0 spiro atoms. The van der Waals surface area contributed by atoms with Gasteiger partial charge in [-0.15, -0.1) is 0 Å². The molecule has 0 radical (unpaired) electrons. The third kappa shape index (κ3) is 14.2. The van der Waals surface area contributed by atoms with Crippen LogP contribution in [0.5, 0.6) is 0 Å². The molecule has 0 bridgehead atoms. The maximum atomic E-state index is 11.1. The molecule has 0 heterocycles. The van der Waals surface area contributed by atoms with Gasteiger partial charge in [0.2, 0.25) is 0 Å². The van der Waals surface area contributed by atoms with Crippen LogP contribution in [0.25, 0.3) is 0 Å². The highest BCUT2D eigenvalue weighted by Crippen LogP contribution is 2.34. The third-order valence-electron chi connectivity index (χ3n) is 6.91. The van der Waals surface area contributed by atoms with E-state index in [4.69, 9.17) is 5.11 Å². The van der Waals surface area contributed by atoms with Crippen LogP contribution >= 0.6 is 0 Å². The molecule has 2 heteroatoms. The highest BCUT2D eigenvalue weighted by atomic mass is 16.4. The van der Waals surface area contributed by atoms with Crippen molar-refractivity contribution in [2.75, 3.05) is 0 Å². The van der Waals surface area contributed by atoms with Crippen molar-refractivity contribution >= 4 is 5.97 Å². The van der Waals surface area contributed by atoms with Crippen molar-refractivity contribution in [3.05, 3.63) is 72.4 Å². The zero-order chi connectivity index (χ0) is 25.9. The van der Waals surface area contributed by atoms with Crippen molar-refractivity contribution in [1.29, 1.82) is 0 Å². The first-order chi connectivity index (χ1) is 16.1. The zero-order valence-corrected chi connectivity index (χ0v) is 23.0. The number of carboxylic acids is 1. The van der Waals surface area contributed by atoms with Crippen LogP contribution in [0.2, 0.25) is 0 Å². The Balaban J connectivity index is 0.000000646. The van der Waals surface area contributed by atoms with Gasteiger partial charge in [0.25, 0.3) is 0 Å². The second-order valence-corrected chi connectivity index (χ2v) is 10.5. The summed E-state index contributed by atoms with van der Waals surface area (Å²) in [5.41, 5.74) is 2.70. The molecule has 1 atom stereocenters. The Hall–Kier alpha value is -2.09. The largest absolute Gasteiger partial charge is 0.481 e. The number of rotatable bonds is 16. The molecule has 1 aromatic rings. The normalized spacial score (nSPS) is 13.8. The molecule has 0 saturated carbocycles. The van der Waals surface area contributed by atoms with Crippen LogP contribution in [-0.4, -0.2) is 11.1 Å². The molecule has 0 amide bonds. The minimum absolute atomic E-state index is 0.211. The molecule has 1 unspecified atom stereocenters. The van der Waals surface area contributed by atoms with E-state index in [2.05, 4.69) is 60.3 Å². The summed E-state index contributed by atoms with van der Waals surface area (Å²) in [5, 5.41) is 9.11. The van der Waals surface area contributed by atoms with Crippen molar-refractivity contribution < 1.29 is 9.90 Å². The molecule has 2 nitrogen and oxygen atoms in total. The Morgan fingerprint density at radius 2 is 1.44 bits per heavy atom. The van der Waals surface area contributed by atoms with Gasteiger partial charge in [0, 0.05) is 5.41 Å². The second-order valence-electron chi connectivity index (χ2n) is 10.5. The minimum Gasteiger partial charge on any atom is -0.481 e. The van der Waals surface area contributed by atoms with E-state index in [-0.39, 0.29) is 11.8 Å². The first-order valence-corrected chi connectivity index (χ1v) is 13.4. The molecular formula is C32H52O2. The second kappa shape index (κ2) is 18.3. The quantitative estimate of drug-likeness (QED) is 0.193. The predicted octanol–water partition coefficient (Wildman–Crippen LogP) is 10.1. The van der Waals surface area contributed by atoms with Gasteiger partial charge in [0.1, 0.15) is 0 Å². The van der Waals surface area contributed by atoms with Gasteiger partial charge < -0.3 is 5.11 Å². The lowest BCUT2D eigenvalue weighted by atomic mass is 9.75. The smallest absolute Gasteiger partial charge is 0.304 e. The van der Waals surface area contributed by atoms with Crippen LogP contribution in [0.3, 0.4) is 0 Å². The van der Waals surface area contributed by atoms with Gasteiger partial charge in [-0.25, -0.2) is 0 Å². The molecule has 0 saturated heterocycles. The number of hydrogen-bond acceptors (Lipinski definition) is 1. The van der Waals surface area contributed by atoms with Gasteiger partial charge in [-0.3, -0.25) is 4.79 Å². The Morgan fingerprint density at radius 1 is 0.882 bits per heavy atom. The Labute approximate surface area is 211 Å². The van der Waals surface area contributed by atoms with Gasteiger partial charge in [0.05, 0.1) is 6.42 Å². The van der Waals surface area contributed by atoms with Crippen LogP contribution < -0.4 is 0 Å². The summed E-state index contributed by atoms with van der Waals surface area (Å²) >= 11 is 0. The van der Waals surface area contributed by atoms with E-state index in [1.807, 2.05) is 42.5 Å². The van der Waals surface area contributed by atoms with Crippen molar-refractivity contribution in [3.63, 3.8) is 0 Å². The van der Waals surface area contributed by atoms with Crippen LogP contribution in [0.15, 0.2) is 66.8 Å². The van der Waals surface area contributed by atoms with Crippen molar-refractivity contribution in [2.24, 2.45) is 5.41 Å². The average molecular weight is 469 g/mol. The number of carbonyl (C=O) groups is 1. The summed E-state index contributed by atoms with van der Waals surface area (Å²) < 4.78 is 0. The van der Waals surface area contributed by atoms with Gasteiger partial charge in [0.15, 0.2) is 0 Å². The average Bonchev–Trinajstić information content (AvgIpc) is 2.80. The lowest BCUT2D eigenvalue weighted by molar-refractivity contribution is -0.138. The fourth-order valence-corrected chi connectivity index (χ4v) is 4.15. The van der Waals surface area contributed by atoms with Gasteiger partial charge >= 0.3 is 5.97 Å². The van der Waals surface area contributed by atoms with Crippen LogP contribution in [0.4, 0.5) is 0 Å². The maximum absolute atomic E-state index is 11.1. The zero-order valence-electron chi connectivity index (χ0n) is 23.0.